The van der Waals surface area contributed by atoms with Crippen molar-refractivity contribution >= 4 is 5.91 Å². The Kier molecular flexibility index (Phi) is 3.99. The second-order valence-corrected chi connectivity index (χ2v) is 6.74. The van der Waals surface area contributed by atoms with Gasteiger partial charge in [0.2, 0.25) is 0 Å². The lowest BCUT2D eigenvalue weighted by atomic mass is 10.2. The summed E-state index contributed by atoms with van der Waals surface area (Å²) in [7, 11) is 0. The third kappa shape index (κ3) is 2.85. The predicted octanol–water partition coefficient (Wildman–Crippen LogP) is 2.07. The van der Waals surface area contributed by atoms with Crippen LogP contribution in [0.3, 0.4) is 0 Å². The molecule has 0 radical (unpaired) electrons. The van der Waals surface area contributed by atoms with Crippen molar-refractivity contribution in [3.8, 4) is 5.69 Å². The number of nitrogens with zero attached hydrogens (tertiary/aromatic N) is 4. The van der Waals surface area contributed by atoms with Gasteiger partial charge in [0, 0.05) is 24.8 Å². The Morgan fingerprint density at radius 2 is 1.96 bits per heavy atom. The van der Waals surface area contributed by atoms with Gasteiger partial charge in [-0.3, -0.25) is 19.4 Å². The number of aromatic amines is 1. The fraction of sp³-hybridized carbons (Fsp3) is 0.316. The van der Waals surface area contributed by atoms with Gasteiger partial charge in [-0.15, -0.1) is 0 Å². The number of likely N-dealkylation sites (tertiary alicyclic amines) is 1. The summed E-state index contributed by atoms with van der Waals surface area (Å²) in [6, 6.07) is 12.8. The van der Waals surface area contributed by atoms with Crippen LogP contribution in [-0.4, -0.2) is 43.5 Å². The molecule has 0 spiro atoms. The van der Waals surface area contributed by atoms with Gasteiger partial charge in [-0.05, 0) is 38.5 Å². The number of aromatic nitrogens is 4. The van der Waals surface area contributed by atoms with E-state index >= 15 is 0 Å². The first-order valence-corrected chi connectivity index (χ1v) is 8.72. The van der Waals surface area contributed by atoms with Gasteiger partial charge < -0.3 is 4.90 Å². The van der Waals surface area contributed by atoms with Gasteiger partial charge in [0.15, 0.2) is 0 Å². The highest BCUT2D eigenvalue weighted by atomic mass is 16.2. The van der Waals surface area contributed by atoms with E-state index in [-0.39, 0.29) is 17.5 Å². The van der Waals surface area contributed by atoms with E-state index in [4.69, 9.17) is 0 Å². The molecule has 4 rings (SSSR count). The van der Waals surface area contributed by atoms with E-state index in [2.05, 4.69) is 10.2 Å². The highest BCUT2D eigenvalue weighted by Gasteiger charge is 2.30. The molecule has 0 bridgehead atoms. The number of para-hydroxylation sites is 1. The van der Waals surface area contributed by atoms with Crippen molar-refractivity contribution in [2.75, 3.05) is 13.1 Å². The lowest BCUT2D eigenvalue weighted by Gasteiger charge is -2.16. The Labute approximate surface area is 150 Å². The van der Waals surface area contributed by atoms with Crippen LogP contribution in [0.2, 0.25) is 0 Å². The highest BCUT2D eigenvalue weighted by molar-refractivity contribution is 5.92. The summed E-state index contributed by atoms with van der Waals surface area (Å²) in [6.07, 6.45) is 0.858. The third-order valence-electron chi connectivity index (χ3n) is 4.81. The number of H-pyrrole nitrogens is 1. The summed E-state index contributed by atoms with van der Waals surface area (Å²) >= 11 is 0. The van der Waals surface area contributed by atoms with Crippen molar-refractivity contribution < 1.29 is 4.79 Å². The zero-order valence-corrected chi connectivity index (χ0v) is 14.8. The lowest BCUT2D eigenvalue weighted by molar-refractivity contribution is 0.0780. The van der Waals surface area contributed by atoms with Gasteiger partial charge in [0.25, 0.3) is 11.5 Å². The molecule has 2 aromatic heterocycles. The molecule has 1 saturated heterocycles. The van der Waals surface area contributed by atoms with Crippen molar-refractivity contribution in [1.29, 1.82) is 0 Å². The van der Waals surface area contributed by atoms with Crippen molar-refractivity contribution in [2.24, 2.45) is 0 Å². The quantitative estimate of drug-likeness (QED) is 0.785. The average Bonchev–Trinajstić information content (AvgIpc) is 3.33. The number of carbonyl (C=O) groups excluding carboxylic acids is 1. The molecule has 3 aromatic rings. The van der Waals surface area contributed by atoms with E-state index < -0.39 is 0 Å². The van der Waals surface area contributed by atoms with E-state index in [1.165, 1.54) is 10.7 Å². The molecule has 7 nitrogen and oxygen atoms in total. The second-order valence-electron chi connectivity index (χ2n) is 6.74. The molecule has 1 N–H and O–H groups in total. The zero-order valence-electron chi connectivity index (χ0n) is 14.8. The molecule has 26 heavy (non-hydrogen) atoms. The number of aryl methyl sites for hydroxylation is 2. The molecule has 1 atom stereocenters. The number of nitrogens with one attached hydrogen (secondary N) is 1. The molecule has 7 heteroatoms. The molecule has 1 fully saturated rings. The SMILES string of the molecule is Cc1cc(C)n([C@@H]2CCN(C(=O)c3cc(=O)n(-c4ccccc4)[nH]3)C2)n1. The topological polar surface area (TPSA) is 75.9 Å². The summed E-state index contributed by atoms with van der Waals surface area (Å²) in [5.41, 5.74) is 2.86. The number of benzene rings is 1. The summed E-state index contributed by atoms with van der Waals surface area (Å²) in [5, 5.41) is 7.47. The smallest absolute Gasteiger partial charge is 0.272 e. The van der Waals surface area contributed by atoms with Gasteiger partial charge in [-0.1, -0.05) is 18.2 Å². The number of carbonyl (C=O) groups is 1. The fourth-order valence-corrected chi connectivity index (χ4v) is 3.59. The minimum Gasteiger partial charge on any atom is -0.335 e. The van der Waals surface area contributed by atoms with Crippen molar-refractivity contribution in [3.05, 3.63) is 69.9 Å². The summed E-state index contributed by atoms with van der Waals surface area (Å²) in [5.74, 6) is -0.152. The number of hydrogen-bond acceptors (Lipinski definition) is 3. The fourth-order valence-electron chi connectivity index (χ4n) is 3.59. The van der Waals surface area contributed by atoms with E-state index in [1.807, 2.05) is 54.9 Å². The maximum atomic E-state index is 12.8. The van der Waals surface area contributed by atoms with Crippen LogP contribution in [0.5, 0.6) is 0 Å². The molecule has 0 unspecified atom stereocenters. The molecule has 1 aliphatic rings. The van der Waals surface area contributed by atoms with Gasteiger partial charge in [0.05, 0.1) is 17.4 Å². The standard InChI is InChI=1S/C19H21N5O2/c1-13-10-14(2)23(20-13)16-8-9-22(12-16)19(26)17-11-18(25)24(21-17)15-6-4-3-5-7-15/h3-7,10-11,16,21H,8-9,12H2,1-2H3/t16-/m1/s1. The van der Waals surface area contributed by atoms with Crippen LogP contribution in [0.4, 0.5) is 0 Å². The van der Waals surface area contributed by atoms with E-state index in [9.17, 15) is 9.59 Å². The second kappa shape index (κ2) is 6.33. The van der Waals surface area contributed by atoms with Crippen LogP contribution in [-0.2, 0) is 0 Å². The summed E-state index contributed by atoms with van der Waals surface area (Å²) < 4.78 is 3.39. The highest BCUT2D eigenvalue weighted by Crippen LogP contribution is 2.24. The van der Waals surface area contributed by atoms with Gasteiger partial charge in [-0.25, -0.2) is 4.68 Å². The van der Waals surface area contributed by atoms with Crippen LogP contribution in [0.1, 0.15) is 34.3 Å². The van der Waals surface area contributed by atoms with E-state index in [0.717, 1.165) is 17.8 Å². The van der Waals surface area contributed by atoms with Crippen LogP contribution < -0.4 is 5.56 Å². The predicted molar refractivity (Wildman–Crippen MR) is 97.6 cm³/mol. The summed E-state index contributed by atoms with van der Waals surface area (Å²) in [4.78, 5) is 26.8. The zero-order chi connectivity index (χ0) is 18.3. The Bertz CT molecular complexity index is 999. The molecule has 134 valence electrons. The average molecular weight is 351 g/mol. The molecule has 1 aromatic carbocycles. The van der Waals surface area contributed by atoms with Gasteiger partial charge in [-0.2, -0.15) is 5.10 Å². The maximum absolute atomic E-state index is 12.8. The first-order valence-electron chi connectivity index (χ1n) is 8.72. The largest absolute Gasteiger partial charge is 0.335 e. The molecular formula is C19H21N5O2. The number of amides is 1. The van der Waals surface area contributed by atoms with Crippen LogP contribution in [0.25, 0.3) is 5.69 Å². The maximum Gasteiger partial charge on any atom is 0.272 e. The first kappa shape index (κ1) is 16.4. The number of rotatable bonds is 3. The summed E-state index contributed by atoms with van der Waals surface area (Å²) in [6.45, 7) is 5.25. The van der Waals surface area contributed by atoms with Crippen molar-refractivity contribution in [2.45, 2.75) is 26.3 Å². The van der Waals surface area contributed by atoms with Crippen LogP contribution in [0, 0.1) is 13.8 Å². The van der Waals surface area contributed by atoms with Crippen molar-refractivity contribution in [1.82, 2.24) is 24.5 Å². The molecule has 0 aliphatic carbocycles. The Morgan fingerprint density at radius 1 is 1.19 bits per heavy atom. The van der Waals surface area contributed by atoms with E-state index in [1.54, 1.807) is 4.90 Å². The molecule has 1 amide bonds. The molecule has 1 aliphatic heterocycles. The third-order valence-corrected chi connectivity index (χ3v) is 4.81. The first-order chi connectivity index (χ1) is 12.5. The van der Waals surface area contributed by atoms with E-state index in [0.29, 0.717) is 24.5 Å². The molecular weight excluding hydrogens is 330 g/mol. The normalized spacial score (nSPS) is 17.0. The lowest BCUT2D eigenvalue weighted by Crippen LogP contribution is -2.29. The van der Waals surface area contributed by atoms with Crippen LogP contribution in [0.15, 0.2) is 47.3 Å². The monoisotopic (exact) mass is 351 g/mol. The minimum atomic E-state index is -0.242. The van der Waals surface area contributed by atoms with Crippen molar-refractivity contribution in [3.63, 3.8) is 0 Å². The molecule has 3 heterocycles. The van der Waals surface area contributed by atoms with Crippen LogP contribution >= 0.6 is 0 Å². The number of hydrogen-bond donors (Lipinski definition) is 1. The minimum absolute atomic E-state index is 0.152. The van der Waals surface area contributed by atoms with Gasteiger partial charge >= 0.3 is 0 Å². The Morgan fingerprint density at radius 3 is 2.65 bits per heavy atom. The Hall–Kier alpha value is -3.09. The Balaban J connectivity index is 1.54. The van der Waals surface area contributed by atoms with Gasteiger partial charge in [0.1, 0.15) is 5.69 Å². The molecule has 0 saturated carbocycles.